The van der Waals surface area contributed by atoms with Crippen LogP contribution in [0.1, 0.15) is 27.7 Å². The highest BCUT2D eigenvalue weighted by Gasteiger charge is 2.20. The van der Waals surface area contributed by atoms with E-state index in [1.807, 2.05) is 29.1 Å². The zero-order chi connectivity index (χ0) is 18.4. The van der Waals surface area contributed by atoms with Crippen LogP contribution < -0.4 is 10.6 Å². The molecule has 1 unspecified atom stereocenters. The van der Waals surface area contributed by atoms with Crippen LogP contribution in [0.3, 0.4) is 0 Å². The molecule has 7 nitrogen and oxygen atoms in total. The van der Waals surface area contributed by atoms with Gasteiger partial charge in [-0.15, -0.1) is 0 Å². The quantitative estimate of drug-likeness (QED) is 0.825. The number of alkyl carbamates (subject to hydrolysis) is 1. The van der Waals surface area contributed by atoms with Crippen LogP contribution in [0.5, 0.6) is 0 Å². The van der Waals surface area contributed by atoms with Crippen molar-refractivity contribution in [1.29, 1.82) is 0 Å². The van der Waals surface area contributed by atoms with Gasteiger partial charge < -0.3 is 15.4 Å². The Kier molecular flexibility index (Phi) is 6.19. The zero-order valence-corrected chi connectivity index (χ0v) is 15.7. The summed E-state index contributed by atoms with van der Waals surface area (Å²) in [7, 11) is 0. The van der Waals surface area contributed by atoms with Gasteiger partial charge in [-0.2, -0.15) is 16.4 Å². The van der Waals surface area contributed by atoms with Gasteiger partial charge >= 0.3 is 6.09 Å². The van der Waals surface area contributed by atoms with Crippen molar-refractivity contribution in [2.75, 3.05) is 6.54 Å². The van der Waals surface area contributed by atoms with Crippen LogP contribution in [0.15, 0.2) is 29.1 Å². The molecule has 0 radical (unpaired) electrons. The lowest BCUT2D eigenvalue weighted by Gasteiger charge is -2.21. The zero-order valence-electron chi connectivity index (χ0n) is 14.9. The number of carbonyl (C=O) groups is 2. The van der Waals surface area contributed by atoms with Gasteiger partial charge in [0, 0.05) is 23.7 Å². The van der Waals surface area contributed by atoms with Crippen LogP contribution in [0.25, 0.3) is 11.3 Å². The van der Waals surface area contributed by atoms with Crippen LogP contribution in [0.4, 0.5) is 4.79 Å². The molecule has 0 aliphatic rings. The van der Waals surface area contributed by atoms with Gasteiger partial charge in [-0.3, -0.25) is 9.48 Å². The van der Waals surface area contributed by atoms with Gasteiger partial charge in [0.05, 0.1) is 12.2 Å². The highest BCUT2D eigenvalue weighted by Crippen LogP contribution is 2.19. The molecule has 0 saturated heterocycles. The molecule has 0 aromatic carbocycles. The molecule has 8 heteroatoms. The van der Waals surface area contributed by atoms with E-state index in [0.717, 1.165) is 11.3 Å². The number of hydrogen-bond acceptors (Lipinski definition) is 5. The summed E-state index contributed by atoms with van der Waals surface area (Å²) in [4.78, 5) is 23.7. The maximum Gasteiger partial charge on any atom is 0.408 e. The smallest absolute Gasteiger partial charge is 0.408 e. The summed E-state index contributed by atoms with van der Waals surface area (Å²) in [5, 5.41) is 13.8. The number of nitrogens with zero attached hydrogens (tertiary/aromatic N) is 2. The topological polar surface area (TPSA) is 85.2 Å². The fourth-order valence-corrected chi connectivity index (χ4v) is 2.70. The molecule has 0 aliphatic heterocycles. The van der Waals surface area contributed by atoms with E-state index in [1.54, 1.807) is 43.7 Å². The van der Waals surface area contributed by atoms with Gasteiger partial charge in [0.25, 0.3) is 0 Å². The molecule has 1 atom stereocenters. The minimum absolute atomic E-state index is 0.268. The van der Waals surface area contributed by atoms with Gasteiger partial charge in [-0.25, -0.2) is 4.79 Å². The molecule has 0 aliphatic carbocycles. The Morgan fingerprint density at radius 2 is 2.12 bits per heavy atom. The van der Waals surface area contributed by atoms with E-state index in [4.69, 9.17) is 4.74 Å². The van der Waals surface area contributed by atoms with Crippen LogP contribution in [-0.4, -0.2) is 40.0 Å². The van der Waals surface area contributed by atoms with Gasteiger partial charge in [-0.05, 0) is 45.2 Å². The predicted octanol–water partition coefficient (Wildman–Crippen LogP) is 2.64. The summed E-state index contributed by atoms with van der Waals surface area (Å²) in [5.74, 6) is -0.268. The summed E-state index contributed by atoms with van der Waals surface area (Å²) < 4.78 is 6.90. The molecule has 136 valence electrons. The maximum absolute atomic E-state index is 12.0. The lowest BCUT2D eigenvalue weighted by Crippen LogP contribution is -2.47. The van der Waals surface area contributed by atoms with E-state index in [9.17, 15) is 9.59 Å². The van der Waals surface area contributed by atoms with E-state index in [-0.39, 0.29) is 5.91 Å². The SMILES string of the molecule is CC(NC(=O)OC(C)(C)C)C(=O)NCCn1ccc(-c2ccsc2)n1. The fraction of sp³-hybridized carbons (Fsp3) is 0.471. The molecule has 2 amide bonds. The van der Waals surface area contributed by atoms with Crippen molar-refractivity contribution in [3.8, 4) is 11.3 Å². The Bertz CT molecular complexity index is 704. The number of carbonyl (C=O) groups excluding carboxylic acids is 2. The van der Waals surface area contributed by atoms with Crippen molar-refractivity contribution in [3.63, 3.8) is 0 Å². The molecule has 0 fully saturated rings. The predicted molar refractivity (Wildman–Crippen MR) is 97.4 cm³/mol. The lowest BCUT2D eigenvalue weighted by molar-refractivity contribution is -0.122. The van der Waals surface area contributed by atoms with Crippen LogP contribution in [0.2, 0.25) is 0 Å². The van der Waals surface area contributed by atoms with Crippen molar-refractivity contribution >= 4 is 23.3 Å². The Morgan fingerprint density at radius 1 is 1.36 bits per heavy atom. The van der Waals surface area contributed by atoms with Crippen molar-refractivity contribution in [3.05, 3.63) is 29.1 Å². The third-order valence-corrected chi connectivity index (χ3v) is 3.91. The van der Waals surface area contributed by atoms with E-state index >= 15 is 0 Å². The van der Waals surface area contributed by atoms with Crippen molar-refractivity contribution in [2.45, 2.75) is 45.9 Å². The van der Waals surface area contributed by atoms with E-state index in [0.29, 0.717) is 13.1 Å². The average Bonchev–Trinajstić information content (AvgIpc) is 3.15. The lowest BCUT2D eigenvalue weighted by atomic mass is 10.2. The number of hydrogen-bond donors (Lipinski definition) is 2. The van der Waals surface area contributed by atoms with E-state index in [1.165, 1.54) is 0 Å². The van der Waals surface area contributed by atoms with Crippen LogP contribution in [0, 0.1) is 0 Å². The molecule has 2 N–H and O–H groups in total. The molecule has 0 saturated carbocycles. The number of amides is 2. The summed E-state index contributed by atoms with van der Waals surface area (Å²) in [6, 6.07) is 3.29. The molecule has 0 bridgehead atoms. The number of thiophene rings is 1. The van der Waals surface area contributed by atoms with Crippen molar-refractivity contribution < 1.29 is 14.3 Å². The van der Waals surface area contributed by atoms with Gasteiger partial charge in [0.2, 0.25) is 5.91 Å². The maximum atomic E-state index is 12.0. The second-order valence-corrected chi connectivity index (χ2v) is 7.42. The monoisotopic (exact) mass is 364 g/mol. The highest BCUT2D eigenvalue weighted by molar-refractivity contribution is 7.08. The largest absolute Gasteiger partial charge is 0.444 e. The Hall–Kier alpha value is -2.35. The van der Waals surface area contributed by atoms with Gasteiger partial charge in [-0.1, -0.05) is 0 Å². The molecule has 2 rings (SSSR count). The molecular formula is C17H24N4O3S. The molecule has 25 heavy (non-hydrogen) atoms. The first-order valence-corrected chi connectivity index (χ1v) is 9.02. The van der Waals surface area contributed by atoms with Crippen LogP contribution >= 0.6 is 11.3 Å². The fourth-order valence-electron chi connectivity index (χ4n) is 2.05. The Morgan fingerprint density at radius 3 is 2.76 bits per heavy atom. The molecule has 2 heterocycles. The van der Waals surface area contributed by atoms with Gasteiger partial charge in [0.15, 0.2) is 0 Å². The molecule has 2 aromatic rings. The Balaban J connectivity index is 1.74. The summed E-state index contributed by atoms with van der Waals surface area (Å²) in [6.45, 7) is 7.89. The standard InChI is InChI=1S/C17H24N4O3S/c1-12(19-16(23)24-17(2,3)4)15(22)18-7-9-21-8-5-14(20-21)13-6-10-25-11-13/h5-6,8,10-12H,7,9H2,1-4H3,(H,18,22)(H,19,23). The third kappa shape index (κ3) is 6.22. The number of aromatic nitrogens is 2. The summed E-state index contributed by atoms with van der Waals surface area (Å²) in [6.07, 6.45) is 1.27. The normalized spacial score (nSPS) is 12.5. The molecular weight excluding hydrogens is 340 g/mol. The second-order valence-electron chi connectivity index (χ2n) is 6.64. The summed E-state index contributed by atoms with van der Waals surface area (Å²) in [5.41, 5.74) is 1.40. The minimum atomic E-state index is -0.672. The Labute approximate surface area is 151 Å². The first-order valence-electron chi connectivity index (χ1n) is 8.08. The van der Waals surface area contributed by atoms with E-state index < -0.39 is 17.7 Å². The van der Waals surface area contributed by atoms with Crippen LogP contribution in [-0.2, 0) is 16.1 Å². The minimum Gasteiger partial charge on any atom is -0.444 e. The summed E-state index contributed by atoms with van der Waals surface area (Å²) >= 11 is 1.63. The molecule has 0 spiro atoms. The first kappa shape index (κ1) is 19.0. The van der Waals surface area contributed by atoms with E-state index in [2.05, 4.69) is 15.7 Å². The number of nitrogens with one attached hydrogen (secondary N) is 2. The highest BCUT2D eigenvalue weighted by atomic mass is 32.1. The molecule has 2 aromatic heterocycles. The van der Waals surface area contributed by atoms with Crippen molar-refractivity contribution in [2.24, 2.45) is 0 Å². The third-order valence-electron chi connectivity index (χ3n) is 3.22. The second kappa shape index (κ2) is 8.15. The number of rotatable bonds is 6. The average molecular weight is 364 g/mol. The van der Waals surface area contributed by atoms with Crippen molar-refractivity contribution in [1.82, 2.24) is 20.4 Å². The number of ether oxygens (including phenoxy) is 1. The van der Waals surface area contributed by atoms with Gasteiger partial charge in [0.1, 0.15) is 11.6 Å². The first-order chi connectivity index (χ1) is 11.7.